The number of nitrogens with zero attached hydrogens (tertiary/aromatic N) is 2. The number of hydrogen-bond donors (Lipinski definition) is 1. The van der Waals surface area contributed by atoms with Crippen molar-refractivity contribution in [2.45, 2.75) is 91.0 Å². The lowest BCUT2D eigenvalue weighted by molar-refractivity contribution is 0.0952. The van der Waals surface area contributed by atoms with Crippen LogP contribution in [0.1, 0.15) is 94.8 Å². The number of carbonyl (C=O) groups is 1. The van der Waals surface area contributed by atoms with Gasteiger partial charge in [0.25, 0.3) is 0 Å². The first-order valence-corrected chi connectivity index (χ1v) is 13.5. The normalized spacial score (nSPS) is 20.0. The first kappa shape index (κ1) is 27.4. The van der Waals surface area contributed by atoms with Crippen molar-refractivity contribution in [3.63, 3.8) is 0 Å². The van der Waals surface area contributed by atoms with E-state index in [2.05, 4.69) is 97.8 Å². The van der Waals surface area contributed by atoms with Gasteiger partial charge in [-0.15, -0.1) is 0 Å². The Morgan fingerprint density at radius 1 is 1.06 bits per heavy atom. The van der Waals surface area contributed by atoms with E-state index in [0.717, 1.165) is 42.6 Å². The molecular weight excluding hydrogens is 500 g/mol. The van der Waals surface area contributed by atoms with Crippen LogP contribution in [0.25, 0.3) is 0 Å². The third kappa shape index (κ3) is 6.35. The van der Waals surface area contributed by atoms with Gasteiger partial charge in [-0.1, -0.05) is 85.2 Å². The number of Topliss-reactive ketones (excluding diaryl/α,β-unsaturated/α-hetero) is 1. The molecule has 0 unspecified atom stereocenters. The van der Waals surface area contributed by atoms with E-state index in [1.165, 1.54) is 5.56 Å². The molecule has 2 aromatic rings. The number of likely N-dealkylation sites (tertiary alicyclic amines) is 1. The maximum absolute atomic E-state index is 13.8. The number of hydrogen-bond acceptors (Lipinski definition) is 3. The van der Waals surface area contributed by atoms with E-state index in [0.29, 0.717) is 17.2 Å². The van der Waals surface area contributed by atoms with E-state index in [1.807, 2.05) is 18.2 Å². The van der Waals surface area contributed by atoms with Gasteiger partial charge in [0.15, 0.2) is 5.78 Å². The Bertz CT molecular complexity index is 1030. The van der Waals surface area contributed by atoms with Crippen molar-refractivity contribution >= 4 is 27.8 Å². The van der Waals surface area contributed by atoms with Crippen LogP contribution in [0.4, 0.5) is 0 Å². The van der Waals surface area contributed by atoms with Crippen LogP contribution in [0.5, 0.6) is 5.75 Å². The Kier molecular flexibility index (Phi) is 8.52. The summed E-state index contributed by atoms with van der Waals surface area (Å²) in [5.41, 5.74) is 3.00. The average Bonchev–Trinajstić information content (AvgIpc) is 3.08. The van der Waals surface area contributed by atoms with Crippen LogP contribution in [0, 0.1) is 5.92 Å². The molecule has 1 heterocycles. The van der Waals surface area contributed by atoms with Crippen LogP contribution >= 0.6 is 16.1 Å². The third-order valence-corrected chi connectivity index (χ3v) is 7.42. The number of ketones is 1. The zero-order valence-corrected chi connectivity index (χ0v) is 23.9. The Morgan fingerprint density at radius 2 is 1.63 bits per heavy atom. The second kappa shape index (κ2) is 10.9. The first-order chi connectivity index (χ1) is 16.4. The molecule has 1 aliphatic rings. The third-order valence-electron chi connectivity index (χ3n) is 7.06. The van der Waals surface area contributed by atoms with Crippen molar-refractivity contribution in [3.05, 3.63) is 64.7 Å². The quantitative estimate of drug-likeness (QED) is 0.367. The Labute approximate surface area is 220 Å². The van der Waals surface area contributed by atoms with Crippen molar-refractivity contribution in [1.82, 2.24) is 4.90 Å². The van der Waals surface area contributed by atoms with Crippen LogP contribution in [0.3, 0.4) is 0 Å². The minimum atomic E-state index is -0.279. The summed E-state index contributed by atoms with van der Waals surface area (Å²) >= 11 is 3.37. The zero-order chi connectivity index (χ0) is 26.0. The van der Waals surface area contributed by atoms with E-state index in [1.54, 1.807) is 0 Å². The summed E-state index contributed by atoms with van der Waals surface area (Å²) in [6.45, 7) is 14.9. The fraction of sp³-hybridized carbons (Fsp3) is 0.533. The van der Waals surface area contributed by atoms with Crippen molar-refractivity contribution in [2.24, 2.45) is 9.94 Å². The molecule has 4 nitrogen and oxygen atoms in total. The second-order valence-corrected chi connectivity index (χ2v) is 12.3. The molecule has 0 radical (unpaired) electrons. The summed E-state index contributed by atoms with van der Waals surface area (Å²) < 4.78 is 4.50. The summed E-state index contributed by atoms with van der Waals surface area (Å²) in [5.74, 6) is 1.68. The van der Waals surface area contributed by atoms with E-state index in [-0.39, 0.29) is 29.2 Å². The number of amidine groups is 1. The van der Waals surface area contributed by atoms with Crippen LogP contribution < -0.4 is 0 Å². The summed E-state index contributed by atoms with van der Waals surface area (Å²) in [6.07, 6.45) is 4.02. The van der Waals surface area contributed by atoms with Crippen molar-refractivity contribution in [1.29, 1.82) is 0 Å². The van der Waals surface area contributed by atoms with E-state index in [4.69, 9.17) is 0 Å². The molecular formula is C30H41BrN2O2. The minimum absolute atomic E-state index is 0.0601. The first-order valence-electron chi connectivity index (χ1n) is 12.8. The second-order valence-electron chi connectivity index (χ2n) is 12.0. The summed E-state index contributed by atoms with van der Waals surface area (Å²) in [4.78, 5) is 16.0. The molecule has 0 bridgehead atoms. The zero-order valence-electron chi connectivity index (χ0n) is 22.4. The van der Waals surface area contributed by atoms with Crippen LogP contribution in [0.2, 0.25) is 0 Å². The van der Waals surface area contributed by atoms with Gasteiger partial charge in [0, 0.05) is 28.7 Å². The van der Waals surface area contributed by atoms with Gasteiger partial charge in [0.1, 0.15) is 11.6 Å². The monoisotopic (exact) mass is 540 g/mol. The highest BCUT2D eigenvalue weighted by Crippen LogP contribution is 2.40. The maximum Gasteiger partial charge on any atom is 0.182 e. The lowest BCUT2D eigenvalue weighted by Gasteiger charge is -2.29. The number of aromatic hydroxyl groups is 1. The molecule has 1 N–H and O–H groups in total. The number of carbonyl (C=O) groups excluding carboxylic acids is 1. The summed E-state index contributed by atoms with van der Waals surface area (Å²) in [6, 6.07) is 14.5. The number of halogens is 1. The molecule has 35 heavy (non-hydrogen) atoms. The highest BCUT2D eigenvalue weighted by molar-refractivity contribution is 9.08. The Morgan fingerprint density at radius 3 is 2.11 bits per heavy atom. The number of benzene rings is 2. The van der Waals surface area contributed by atoms with Crippen LogP contribution in [-0.4, -0.2) is 34.2 Å². The van der Waals surface area contributed by atoms with Gasteiger partial charge < -0.3 is 10.0 Å². The number of rotatable bonds is 7. The van der Waals surface area contributed by atoms with Crippen molar-refractivity contribution in [2.75, 3.05) is 6.54 Å². The maximum atomic E-state index is 13.8. The van der Waals surface area contributed by atoms with Gasteiger partial charge >= 0.3 is 0 Å². The number of phenolic OH excluding ortho intramolecular Hbond substituents is 1. The smallest absolute Gasteiger partial charge is 0.182 e. The highest BCUT2D eigenvalue weighted by atomic mass is 79.9. The topological polar surface area (TPSA) is 52.9 Å². The molecule has 1 aliphatic heterocycles. The Balaban J connectivity index is 1.99. The fourth-order valence-electron chi connectivity index (χ4n) is 5.17. The molecule has 0 amide bonds. The largest absolute Gasteiger partial charge is 0.507 e. The van der Waals surface area contributed by atoms with E-state index in [9.17, 15) is 9.90 Å². The van der Waals surface area contributed by atoms with Crippen LogP contribution in [0.15, 0.2) is 46.5 Å². The molecule has 0 aromatic heterocycles. The Hall–Kier alpha value is -2.14. The molecule has 3 rings (SSSR count). The molecule has 0 spiro atoms. The lowest BCUT2D eigenvalue weighted by Crippen LogP contribution is -2.39. The predicted octanol–water partition coefficient (Wildman–Crippen LogP) is 7.61. The molecule has 1 saturated heterocycles. The van der Waals surface area contributed by atoms with Gasteiger partial charge in [-0.3, -0.25) is 4.79 Å². The predicted molar refractivity (Wildman–Crippen MR) is 150 cm³/mol. The lowest BCUT2D eigenvalue weighted by atomic mass is 9.78. The SMILES string of the molecule is CCC[C@H]1C[C@H](Cc2ccccc2)N(CC(=O)c2cc(C(C)(C)C)c(O)c(C(C)(C)C)c2)C1=NBr. The summed E-state index contributed by atoms with van der Waals surface area (Å²) in [5, 5.41) is 11.1. The van der Waals surface area contributed by atoms with Gasteiger partial charge in [-0.25, -0.2) is 0 Å². The molecule has 2 atom stereocenters. The van der Waals surface area contributed by atoms with E-state index < -0.39 is 0 Å². The minimum Gasteiger partial charge on any atom is -0.507 e. The van der Waals surface area contributed by atoms with Gasteiger partial charge in [-0.05, 0) is 47.8 Å². The molecule has 5 heteroatoms. The molecule has 0 saturated carbocycles. The highest BCUT2D eigenvalue weighted by Gasteiger charge is 2.38. The van der Waals surface area contributed by atoms with Crippen LogP contribution in [-0.2, 0) is 17.3 Å². The molecule has 0 aliphatic carbocycles. The molecule has 190 valence electrons. The van der Waals surface area contributed by atoms with Crippen molar-refractivity contribution < 1.29 is 9.90 Å². The van der Waals surface area contributed by atoms with Gasteiger partial charge in [0.2, 0.25) is 0 Å². The number of phenols is 1. The van der Waals surface area contributed by atoms with Gasteiger partial charge in [-0.2, -0.15) is 4.02 Å². The molecule has 1 fully saturated rings. The fourth-order valence-corrected chi connectivity index (χ4v) is 5.66. The van der Waals surface area contributed by atoms with E-state index >= 15 is 0 Å². The average molecular weight is 542 g/mol. The summed E-state index contributed by atoms with van der Waals surface area (Å²) in [7, 11) is 0. The van der Waals surface area contributed by atoms with Gasteiger partial charge in [0.05, 0.1) is 22.7 Å². The van der Waals surface area contributed by atoms with Crippen molar-refractivity contribution in [3.8, 4) is 5.75 Å². The molecule has 2 aromatic carbocycles. The standard InChI is InChI=1S/C30H41BrN2O2/c1-8-12-21-16-23(15-20-13-10-9-11-14-20)33(28(21)32-31)19-26(34)22-17-24(29(2,3)4)27(35)25(18-22)30(5,6)7/h9-11,13-14,17-18,21,23,35H,8,12,15-16,19H2,1-7H3/t21-,23-/m0/s1.